The molecular formula is C7H10N4OS. The maximum Gasteiger partial charge on any atom is 0.191 e. The van der Waals surface area contributed by atoms with E-state index in [1.54, 1.807) is 0 Å². The van der Waals surface area contributed by atoms with Crippen LogP contribution in [0, 0.1) is 0 Å². The molecule has 1 aromatic rings. The van der Waals surface area contributed by atoms with E-state index < -0.39 is 0 Å². The predicted octanol–water partition coefficient (Wildman–Crippen LogP) is 0.132. The van der Waals surface area contributed by atoms with Crippen LogP contribution in [0.25, 0.3) is 0 Å². The quantitative estimate of drug-likeness (QED) is 0.407. The fourth-order valence-corrected chi connectivity index (χ4v) is 1.73. The zero-order valence-corrected chi connectivity index (χ0v) is 7.75. The van der Waals surface area contributed by atoms with Gasteiger partial charge in [0, 0.05) is 11.8 Å². The fourth-order valence-electron chi connectivity index (χ4n) is 0.858. The van der Waals surface area contributed by atoms with E-state index >= 15 is 0 Å². The van der Waals surface area contributed by atoms with E-state index in [1.165, 1.54) is 17.8 Å². The predicted molar refractivity (Wildman–Crippen MR) is 51.3 cm³/mol. The first-order chi connectivity index (χ1) is 6.24. The number of rotatable bonds is 3. The van der Waals surface area contributed by atoms with E-state index in [1.807, 2.05) is 0 Å². The molecular weight excluding hydrogens is 188 g/mol. The lowest BCUT2D eigenvalue weighted by Crippen LogP contribution is -2.00. The Balaban J connectivity index is 2.01. The van der Waals surface area contributed by atoms with Gasteiger partial charge in [0.25, 0.3) is 0 Å². The summed E-state index contributed by atoms with van der Waals surface area (Å²) in [5, 5.41) is 0.619. The highest BCUT2D eigenvalue weighted by Gasteiger charge is 2.22. The average molecular weight is 198 g/mol. The fraction of sp³-hybridized carbons (Fsp3) is 0.429. The molecule has 13 heavy (non-hydrogen) atoms. The van der Waals surface area contributed by atoms with Gasteiger partial charge in [-0.2, -0.15) is 0 Å². The van der Waals surface area contributed by atoms with Gasteiger partial charge in [-0.15, -0.1) is 0 Å². The van der Waals surface area contributed by atoms with Gasteiger partial charge in [0.05, 0.1) is 12.7 Å². The summed E-state index contributed by atoms with van der Waals surface area (Å²) in [7, 11) is 0. The van der Waals surface area contributed by atoms with Crippen molar-refractivity contribution in [1.29, 1.82) is 0 Å². The Kier molecular flexibility index (Phi) is 2.24. The van der Waals surface area contributed by atoms with Crippen molar-refractivity contribution in [2.75, 3.05) is 23.8 Å². The second-order valence-corrected chi connectivity index (χ2v) is 3.75. The number of nitrogens with two attached hydrogens (primary N) is 2. The zero-order chi connectivity index (χ0) is 9.26. The number of nitrogens with zero attached hydrogens (tertiary/aromatic N) is 2. The molecule has 1 aliphatic heterocycles. The van der Waals surface area contributed by atoms with Crippen LogP contribution < -0.4 is 11.5 Å². The summed E-state index contributed by atoms with van der Waals surface area (Å²) in [5.41, 5.74) is 11.0. The standard InChI is InChI=1S/C7H10N4OS/c8-5-1-6(9)11-7(10-5)13-3-4-2-12-4/h1,4H,2-3H2,(H4,8,9,10,11). The summed E-state index contributed by atoms with van der Waals surface area (Å²) in [6, 6.07) is 1.54. The van der Waals surface area contributed by atoms with Gasteiger partial charge >= 0.3 is 0 Å². The molecule has 1 unspecified atom stereocenters. The molecule has 1 saturated heterocycles. The lowest BCUT2D eigenvalue weighted by Gasteiger charge is -2.00. The zero-order valence-electron chi connectivity index (χ0n) is 6.93. The molecule has 0 radical (unpaired) electrons. The SMILES string of the molecule is Nc1cc(N)nc(SCC2CO2)n1. The van der Waals surface area contributed by atoms with Gasteiger partial charge in [-0.1, -0.05) is 11.8 Å². The number of anilines is 2. The van der Waals surface area contributed by atoms with E-state index in [-0.39, 0.29) is 0 Å². The Labute approximate surface area is 79.9 Å². The van der Waals surface area contributed by atoms with Gasteiger partial charge in [-0.05, 0) is 0 Å². The molecule has 2 heterocycles. The molecule has 0 amide bonds. The monoisotopic (exact) mass is 198 g/mol. The Morgan fingerprint density at radius 2 is 2.08 bits per heavy atom. The number of thioether (sulfide) groups is 1. The topological polar surface area (TPSA) is 90.4 Å². The van der Waals surface area contributed by atoms with E-state index in [9.17, 15) is 0 Å². The molecule has 0 spiro atoms. The summed E-state index contributed by atoms with van der Waals surface area (Å²) in [4.78, 5) is 8.06. The molecule has 0 bridgehead atoms. The molecule has 1 aromatic heterocycles. The normalized spacial score (nSPS) is 20.2. The van der Waals surface area contributed by atoms with Gasteiger partial charge in [-0.3, -0.25) is 0 Å². The highest BCUT2D eigenvalue weighted by molar-refractivity contribution is 7.99. The highest BCUT2D eigenvalue weighted by Crippen LogP contribution is 2.22. The first-order valence-corrected chi connectivity index (χ1v) is 4.87. The maximum absolute atomic E-state index is 5.51. The molecule has 6 heteroatoms. The third kappa shape index (κ3) is 2.46. The van der Waals surface area contributed by atoms with Crippen LogP contribution in [0.2, 0.25) is 0 Å². The average Bonchev–Trinajstić information content (AvgIpc) is 2.81. The lowest BCUT2D eigenvalue weighted by atomic mass is 10.5. The molecule has 4 N–H and O–H groups in total. The summed E-state index contributed by atoms with van der Waals surface area (Å²) < 4.78 is 5.05. The van der Waals surface area contributed by atoms with Crippen LogP contribution in [-0.2, 0) is 4.74 Å². The van der Waals surface area contributed by atoms with Crippen molar-refractivity contribution in [1.82, 2.24) is 9.97 Å². The van der Waals surface area contributed by atoms with E-state index in [0.717, 1.165) is 12.4 Å². The first kappa shape index (κ1) is 8.58. The van der Waals surface area contributed by atoms with Crippen LogP contribution in [0.1, 0.15) is 0 Å². The summed E-state index contributed by atoms with van der Waals surface area (Å²) >= 11 is 1.51. The lowest BCUT2D eigenvalue weighted by molar-refractivity contribution is 0.426. The Hall–Kier alpha value is -1.01. The van der Waals surface area contributed by atoms with Crippen molar-refractivity contribution in [3.8, 4) is 0 Å². The van der Waals surface area contributed by atoms with Crippen LogP contribution in [0.3, 0.4) is 0 Å². The van der Waals surface area contributed by atoms with Crippen LogP contribution in [0.15, 0.2) is 11.2 Å². The van der Waals surface area contributed by atoms with Gasteiger partial charge in [0.15, 0.2) is 5.16 Å². The molecule has 1 fully saturated rings. The second kappa shape index (κ2) is 3.39. The van der Waals surface area contributed by atoms with Crippen molar-refractivity contribution < 1.29 is 4.74 Å². The Morgan fingerprint density at radius 1 is 1.46 bits per heavy atom. The van der Waals surface area contributed by atoms with Crippen LogP contribution >= 0.6 is 11.8 Å². The summed E-state index contributed by atoms with van der Waals surface area (Å²) in [6.07, 6.45) is 0.358. The van der Waals surface area contributed by atoms with Crippen LogP contribution in [-0.4, -0.2) is 28.4 Å². The minimum Gasteiger partial charge on any atom is -0.383 e. The molecule has 1 aliphatic rings. The number of hydrogen-bond donors (Lipinski definition) is 2. The number of hydrogen-bond acceptors (Lipinski definition) is 6. The van der Waals surface area contributed by atoms with Crippen molar-refractivity contribution in [2.45, 2.75) is 11.3 Å². The minimum absolute atomic E-state index is 0.358. The summed E-state index contributed by atoms with van der Waals surface area (Å²) in [5.74, 6) is 1.68. The molecule has 70 valence electrons. The highest BCUT2D eigenvalue weighted by atomic mass is 32.2. The van der Waals surface area contributed by atoms with Crippen molar-refractivity contribution in [3.05, 3.63) is 6.07 Å². The number of aromatic nitrogens is 2. The van der Waals surface area contributed by atoms with Gasteiger partial charge < -0.3 is 16.2 Å². The Morgan fingerprint density at radius 3 is 2.62 bits per heavy atom. The van der Waals surface area contributed by atoms with Gasteiger partial charge in [0.2, 0.25) is 0 Å². The van der Waals surface area contributed by atoms with E-state index in [4.69, 9.17) is 16.2 Å². The number of epoxide rings is 1. The molecule has 1 atom stereocenters. The molecule has 0 aromatic carbocycles. The first-order valence-electron chi connectivity index (χ1n) is 3.88. The van der Waals surface area contributed by atoms with Crippen LogP contribution in [0.5, 0.6) is 0 Å². The second-order valence-electron chi connectivity index (χ2n) is 2.77. The number of ether oxygens (including phenoxy) is 1. The molecule has 0 saturated carbocycles. The summed E-state index contributed by atoms with van der Waals surface area (Å²) in [6.45, 7) is 0.838. The van der Waals surface area contributed by atoms with E-state index in [2.05, 4.69) is 9.97 Å². The molecule has 5 nitrogen and oxygen atoms in total. The smallest absolute Gasteiger partial charge is 0.191 e. The Bertz CT molecular complexity index is 295. The minimum atomic E-state index is 0.358. The number of nitrogen functional groups attached to an aromatic ring is 2. The maximum atomic E-state index is 5.51. The third-order valence-corrected chi connectivity index (χ3v) is 2.53. The molecule has 0 aliphatic carbocycles. The van der Waals surface area contributed by atoms with Gasteiger partial charge in [-0.25, -0.2) is 9.97 Å². The van der Waals surface area contributed by atoms with Crippen molar-refractivity contribution in [3.63, 3.8) is 0 Å². The van der Waals surface area contributed by atoms with Crippen molar-refractivity contribution >= 4 is 23.4 Å². The van der Waals surface area contributed by atoms with Crippen molar-refractivity contribution in [2.24, 2.45) is 0 Å². The van der Waals surface area contributed by atoms with Gasteiger partial charge in [0.1, 0.15) is 11.6 Å². The van der Waals surface area contributed by atoms with E-state index in [0.29, 0.717) is 22.9 Å². The van der Waals surface area contributed by atoms with Crippen LogP contribution in [0.4, 0.5) is 11.6 Å². The largest absolute Gasteiger partial charge is 0.383 e. The molecule has 2 rings (SSSR count). The third-order valence-electron chi connectivity index (χ3n) is 1.55.